The molecule has 106 valence electrons. The van der Waals surface area contributed by atoms with E-state index in [0.717, 1.165) is 31.6 Å². The lowest BCUT2D eigenvalue weighted by Gasteiger charge is -2.28. The third-order valence-corrected chi connectivity index (χ3v) is 3.95. The maximum atomic E-state index is 12.4. The second-order valence-electron chi connectivity index (χ2n) is 5.23. The molecule has 0 radical (unpaired) electrons. The standard InChI is InChI=1S/C14H23N3O2/c1-11(10-18)16(2)14(19)13-4-3-9-17(13)12-5-7-15-8-6-12/h3-4,9,11-12,15,18H,5-8,10H2,1-2H3. The Kier molecular flexibility index (Phi) is 4.61. The van der Waals surface area contributed by atoms with Gasteiger partial charge < -0.3 is 19.9 Å². The number of rotatable bonds is 4. The van der Waals surface area contributed by atoms with Crippen LogP contribution in [0.25, 0.3) is 0 Å². The Labute approximate surface area is 114 Å². The molecule has 1 unspecified atom stereocenters. The van der Waals surface area contributed by atoms with Gasteiger partial charge in [0.1, 0.15) is 5.69 Å². The first kappa shape index (κ1) is 14.1. The Morgan fingerprint density at radius 2 is 2.26 bits per heavy atom. The predicted octanol–water partition coefficient (Wildman–Crippen LogP) is 0.865. The average Bonchev–Trinajstić information content (AvgIpc) is 2.95. The van der Waals surface area contributed by atoms with Crippen molar-refractivity contribution in [2.75, 3.05) is 26.7 Å². The van der Waals surface area contributed by atoms with E-state index in [-0.39, 0.29) is 18.6 Å². The maximum Gasteiger partial charge on any atom is 0.270 e. The maximum absolute atomic E-state index is 12.4. The van der Waals surface area contributed by atoms with Gasteiger partial charge in [-0.05, 0) is 45.0 Å². The van der Waals surface area contributed by atoms with E-state index in [0.29, 0.717) is 6.04 Å². The van der Waals surface area contributed by atoms with Crippen molar-refractivity contribution >= 4 is 5.91 Å². The SMILES string of the molecule is CC(CO)N(C)C(=O)c1cccn1C1CCNCC1. The van der Waals surface area contributed by atoms with Crippen molar-refractivity contribution in [2.24, 2.45) is 0 Å². The quantitative estimate of drug-likeness (QED) is 0.849. The number of hydrogen-bond acceptors (Lipinski definition) is 3. The van der Waals surface area contributed by atoms with Crippen molar-refractivity contribution in [1.29, 1.82) is 0 Å². The number of aliphatic hydroxyl groups excluding tert-OH is 1. The predicted molar refractivity (Wildman–Crippen MR) is 74.2 cm³/mol. The molecule has 0 aliphatic carbocycles. The minimum absolute atomic E-state index is 0.0176. The molecule has 0 saturated carbocycles. The van der Waals surface area contributed by atoms with Gasteiger partial charge in [-0.25, -0.2) is 0 Å². The van der Waals surface area contributed by atoms with Gasteiger partial charge in [-0.2, -0.15) is 0 Å². The summed E-state index contributed by atoms with van der Waals surface area (Å²) in [5.41, 5.74) is 0.717. The third kappa shape index (κ3) is 2.98. The van der Waals surface area contributed by atoms with Gasteiger partial charge >= 0.3 is 0 Å². The normalized spacial score (nSPS) is 18.3. The number of carbonyl (C=O) groups is 1. The number of amides is 1. The zero-order chi connectivity index (χ0) is 13.8. The number of carbonyl (C=O) groups excluding carboxylic acids is 1. The number of hydrogen-bond donors (Lipinski definition) is 2. The molecule has 0 spiro atoms. The molecule has 0 aromatic carbocycles. The first-order chi connectivity index (χ1) is 9.15. The Morgan fingerprint density at radius 1 is 1.58 bits per heavy atom. The van der Waals surface area contributed by atoms with Gasteiger partial charge in [0.05, 0.1) is 12.6 Å². The lowest BCUT2D eigenvalue weighted by atomic mass is 10.1. The number of piperidine rings is 1. The zero-order valence-corrected chi connectivity index (χ0v) is 11.7. The third-order valence-electron chi connectivity index (χ3n) is 3.95. The lowest BCUT2D eigenvalue weighted by Crippen LogP contribution is -2.39. The van der Waals surface area contributed by atoms with E-state index in [2.05, 4.69) is 9.88 Å². The summed E-state index contributed by atoms with van der Waals surface area (Å²) in [5, 5.41) is 12.5. The zero-order valence-electron chi connectivity index (χ0n) is 11.7. The number of nitrogens with one attached hydrogen (secondary N) is 1. The summed E-state index contributed by atoms with van der Waals surface area (Å²) >= 11 is 0. The van der Waals surface area contributed by atoms with Crippen LogP contribution in [0, 0.1) is 0 Å². The molecular formula is C14H23N3O2. The topological polar surface area (TPSA) is 57.5 Å². The Hall–Kier alpha value is -1.33. The summed E-state index contributed by atoms with van der Waals surface area (Å²) in [7, 11) is 1.74. The molecule has 1 aliphatic heterocycles. The Bertz CT molecular complexity index is 424. The van der Waals surface area contributed by atoms with Gasteiger partial charge in [0, 0.05) is 19.3 Å². The number of aromatic nitrogens is 1. The number of likely N-dealkylation sites (N-methyl/N-ethyl adjacent to an activating group) is 1. The summed E-state index contributed by atoms with van der Waals surface area (Å²) in [6.07, 6.45) is 4.09. The van der Waals surface area contributed by atoms with Gasteiger partial charge in [0.2, 0.25) is 0 Å². The minimum atomic E-state index is -0.163. The molecule has 1 amide bonds. The van der Waals surface area contributed by atoms with E-state index in [4.69, 9.17) is 5.11 Å². The van der Waals surface area contributed by atoms with Crippen molar-refractivity contribution in [3.8, 4) is 0 Å². The molecule has 1 saturated heterocycles. The molecule has 1 aromatic heterocycles. The highest BCUT2D eigenvalue weighted by molar-refractivity contribution is 5.92. The molecule has 2 rings (SSSR count). The Balaban J connectivity index is 2.16. The first-order valence-electron chi connectivity index (χ1n) is 6.90. The van der Waals surface area contributed by atoms with Crippen LogP contribution in [0.3, 0.4) is 0 Å². The Morgan fingerprint density at radius 3 is 2.89 bits per heavy atom. The van der Waals surface area contributed by atoms with Crippen LogP contribution in [0.1, 0.15) is 36.3 Å². The molecule has 1 aliphatic rings. The van der Waals surface area contributed by atoms with Crippen LogP contribution < -0.4 is 5.32 Å². The van der Waals surface area contributed by atoms with Crippen LogP contribution in [0.5, 0.6) is 0 Å². The largest absolute Gasteiger partial charge is 0.394 e. The minimum Gasteiger partial charge on any atom is -0.394 e. The van der Waals surface area contributed by atoms with Gasteiger partial charge in [-0.1, -0.05) is 0 Å². The molecule has 2 heterocycles. The molecule has 2 N–H and O–H groups in total. The number of nitrogens with zero attached hydrogens (tertiary/aromatic N) is 2. The van der Waals surface area contributed by atoms with Crippen molar-refractivity contribution < 1.29 is 9.90 Å². The van der Waals surface area contributed by atoms with Crippen LogP contribution in [0.15, 0.2) is 18.3 Å². The van der Waals surface area contributed by atoms with Crippen LogP contribution in [0.4, 0.5) is 0 Å². The number of aliphatic hydroxyl groups is 1. The van der Waals surface area contributed by atoms with E-state index >= 15 is 0 Å². The summed E-state index contributed by atoms with van der Waals surface area (Å²) < 4.78 is 2.09. The van der Waals surface area contributed by atoms with Crippen LogP contribution >= 0.6 is 0 Å². The van der Waals surface area contributed by atoms with Gasteiger partial charge in [0.15, 0.2) is 0 Å². The van der Waals surface area contributed by atoms with Gasteiger partial charge in [0.25, 0.3) is 5.91 Å². The summed E-state index contributed by atoms with van der Waals surface area (Å²) in [5.74, 6) is -0.0231. The van der Waals surface area contributed by atoms with E-state index in [1.165, 1.54) is 0 Å². The molecule has 5 nitrogen and oxygen atoms in total. The molecule has 5 heteroatoms. The second kappa shape index (κ2) is 6.21. The summed E-state index contributed by atoms with van der Waals surface area (Å²) in [4.78, 5) is 14.1. The first-order valence-corrected chi connectivity index (χ1v) is 6.90. The van der Waals surface area contributed by atoms with Gasteiger partial charge in [-0.3, -0.25) is 4.79 Å². The van der Waals surface area contributed by atoms with Crippen LogP contribution in [0.2, 0.25) is 0 Å². The fourth-order valence-electron chi connectivity index (χ4n) is 2.48. The van der Waals surface area contributed by atoms with E-state index in [9.17, 15) is 4.79 Å². The fourth-order valence-corrected chi connectivity index (χ4v) is 2.48. The monoisotopic (exact) mass is 265 g/mol. The molecule has 0 bridgehead atoms. The molecule has 1 atom stereocenters. The molecular weight excluding hydrogens is 242 g/mol. The van der Waals surface area contributed by atoms with Crippen molar-refractivity contribution in [1.82, 2.24) is 14.8 Å². The lowest BCUT2D eigenvalue weighted by molar-refractivity contribution is 0.0668. The van der Waals surface area contributed by atoms with Crippen molar-refractivity contribution in [3.05, 3.63) is 24.0 Å². The molecule has 19 heavy (non-hydrogen) atoms. The average molecular weight is 265 g/mol. The van der Waals surface area contributed by atoms with Crippen LogP contribution in [-0.2, 0) is 0 Å². The highest BCUT2D eigenvalue weighted by Crippen LogP contribution is 2.22. The second-order valence-corrected chi connectivity index (χ2v) is 5.23. The smallest absolute Gasteiger partial charge is 0.270 e. The van der Waals surface area contributed by atoms with E-state index in [1.807, 2.05) is 25.3 Å². The van der Waals surface area contributed by atoms with Crippen LogP contribution in [-0.4, -0.2) is 53.3 Å². The van der Waals surface area contributed by atoms with Crippen molar-refractivity contribution in [2.45, 2.75) is 31.8 Å². The summed E-state index contributed by atoms with van der Waals surface area (Å²) in [6, 6.07) is 4.02. The van der Waals surface area contributed by atoms with E-state index < -0.39 is 0 Å². The van der Waals surface area contributed by atoms with E-state index in [1.54, 1.807) is 11.9 Å². The molecule has 1 aromatic rings. The molecule has 1 fully saturated rings. The van der Waals surface area contributed by atoms with Crippen molar-refractivity contribution in [3.63, 3.8) is 0 Å². The highest BCUT2D eigenvalue weighted by Gasteiger charge is 2.23. The van der Waals surface area contributed by atoms with Gasteiger partial charge in [-0.15, -0.1) is 0 Å². The summed E-state index contributed by atoms with van der Waals surface area (Å²) in [6.45, 7) is 3.82. The highest BCUT2D eigenvalue weighted by atomic mass is 16.3. The fraction of sp³-hybridized carbons (Fsp3) is 0.643.